The van der Waals surface area contributed by atoms with Gasteiger partial charge in [-0.1, -0.05) is 20.8 Å². The summed E-state index contributed by atoms with van der Waals surface area (Å²) in [5.41, 5.74) is 5.22. The lowest BCUT2D eigenvalue weighted by molar-refractivity contribution is -0.114. The van der Waals surface area contributed by atoms with Crippen LogP contribution in [0.5, 0.6) is 23.0 Å². The molecule has 3 rings (SSSR count). The zero-order valence-corrected chi connectivity index (χ0v) is 24.5. The van der Waals surface area contributed by atoms with Gasteiger partial charge in [0.15, 0.2) is 25.6 Å². The highest BCUT2D eigenvalue weighted by Gasteiger charge is 2.44. The van der Waals surface area contributed by atoms with Crippen LogP contribution in [-0.2, 0) is 9.22 Å². The molecule has 196 valence electrons. The summed E-state index contributed by atoms with van der Waals surface area (Å²) in [7, 11) is 4.22. The van der Waals surface area contributed by atoms with Crippen molar-refractivity contribution in [3.8, 4) is 23.0 Å². The van der Waals surface area contributed by atoms with E-state index in [9.17, 15) is 4.79 Å². The third-order valence-electron chi connectivity index (χ3n) is 7.41. The monoisotopic (exact) mass is 512 g/mol. The van der Waals surface area contributed by atoms with Crippen LogP contribution in [0.1, 0.15) is 49.4 Å². The summed E-state index contributed by atoms with van der Waals surface area (Å²) in [5.74, 6) is 2.38. The molecule has 0 amide bonds. The van der Waals surface area contributed by atoms with Gasteiger partial charge in [0, 0.05) is 12.0 Å². The zero-order chi connectivity index (χ0) is 27.0. The van der Waals surface area contributed by atoms with Crippen LogP contribution < -0.4 is 18.9 Å². The molecule has 1 aliphatic rings. The lowest BCUT2D eigenvalue weighted by Gasteiger charge is -2.39. The van der Waals surface area contributed by atoms with E-state index in [2.05, 4.69) is 46.0 Å². The Balaban J connectivity index is 2.33. The van der Waals surface area contributed by atoms with Crippen LogP contribution >= 0.6 is 0 Å². The molecule has 0 saturated heterocycles. The number of aryl methyl sites for hydroxylation is 2. The average molecular weight is 513 g/mol. The van der Waals surface area contributed by atoms with E-state index in [4.69, 9.17) is 23.4 Å². The summed E-state index contributed by atoms with van der Waals surface area (Å²) in [5, 5.41) is 0.00219. The number of methoxy groups -OCH3 is 4. The number of hydrogen-bond donors (Lipinski definition) is 0. The fraction of sp³-hybridized carbons (Fsp3) is 0.483. The molecule has 0 aliphatic heterocycles. The van der Waals surface area contributed by atoms with Gasteiger partial charge in [-0.25, -0.2) is 0 Å². The summed E-state index contributed by atoms with van der Waals surface area (Å²) in [6, 6.07) is 7.85. The van der Waals surface area contributed by atoms with Crippen LogP contribution in [0, 0.1) is 13.8 Å². The van der Waals surface area contributed by atoms with Crippen molar-refractivity contribution in [1.29, 1.82) is 0 Å². The second kappa shape index (κ2) is 10.3. The molecule has 0 radical (unpaired) electrons. The third kappa shape index (κ3) is 5.04. The molecule has 1 unspecified atom stereocenters. The number of ether oxygens (including phenoxy) is 4. The van der Waals surface area contributed by atoms with Crippen molar-refractivity contribution in [3.63, 3.8) is 0 Å². The topological polar surface area (TPSA) is 63.2 Å². The van der Waals surface area contributed by atoms with Crippen LogP contribution in [0.2, 0.25) is 18.1 Å². The fourth-order valence-electron chi connectivity index (χ4n) is 4.62. The Kier molecular flexibility index (Phi) is 7.96. The van der Waals surface area contributed by atoms with Gasteiger partial charge < -0.3 is 23.4 Å². The van der Waals surface area contributed by atoms with Gasteiger partial charge in [-0.05, 0) is 84.1 Å². The molecule has 0 spiro atoms. The molecule has 0 heterocycles. The number of hydrogen-bond acceptors (Lipinski definition) is 6. The first-order valence-electron chi connectivity index (χ1n) is 12.2. The van der Waals surface area contributed by atoms with Crippen LogP contribution in [-0.4, -0.2) is 48.6 Å². The van der Waals surface area contributed by atoms with Gasteiger partial charge >= 0.3 is 0 Å². The van der Waals surface area contributed by atoms with E-state index in [0.29, 0.717) is 22.8 Å². The largest absolute Gasteiger partial charge is 0.496 e. The lowest BCUT2D eigenvalue weighted by Crippen LogP contribution is -2.43. The van der Waals surface area contributed by atoms with Gasteiger partial charge in [0.05, 0.1) is 34.5 Å². The number of ketones is 1. The Hall–Kier alpha value is -2.77. The Morgan fingerprint density at radius 1 is 0.778 bits per heavy atom. The maximum absolute atomic E-state index is 13.7. The summed E-state index contributed by atoms with van der Waals surface area (Å²) >= 11 is 0. The van der Waals surface area contributed by atoms with Gasteiger partial charge in [-0.3, -0.25) is 4.79 Å². The first-order chi connectivity index (χ1) is 16.8. The minimum Gasteiger partial charge on any atom is -0.496 e. The predicted octanol–water partition coefficient (Wildman–Crippen LogP) is 6.61. The first-order valence-corrected chi connectivity index (χ1v) is 15.1. The van der Waals surface area contributed by atoms with E-state index in [0.717, 1.165) is 33.6 Å². The van der Waals surface area contributed by atoms with E-state index in [1.54, 1.807) is 28.4 Å². The van der Waals surface area contributed by atoms with Gasteiger partial charge in [0.1, 0.15) is 5.75 Å². The molecular formula is C29H40O6Si. The minimum absolute atomic E-state index is 0.00219. The molecule has 36 heavy (non-hydrogen) atoms. The quantitative estimate of drug-likeness (QED) is 0.371. The normalized spacial score (nSPS) is 16.4. The van der Waals surface area contributed by atoms with Crippen molar-refractivity contribution in [3.05, 3.63) is 46.5 Å². The standard InChI is InChI=1S/C29H40O6Si/c1-17-12-19(13-18(2)27(17)33-8)26-22(35-36(10,11)29(3,4)5)16-21(30)25(26)20-14-23(31-6)28(34-9)24(15-20)32-7/h12-15,22H,16H2,1-11H3. The average Bonchev–Trinajstić information content (AvgIpc) is 3.11. The van der Waals surface area contributed by atoms with E-state index >= 15 is 0 Å². The van der Waals surface area contributed by atoms with Gasteiger partial charge in [0.2, 0.25) is 5.75 Å². The molecule has 1 aliphatic carbocycles. The zero-order valence-electron chi connectivity index (χ0n) is 23.5. The maximum atomic E-state index is 13.7. The highest BCUT2D eigenvalue weighted by Crippen LogP contribution is 2.48. The molecular weight excluding hydrogens is 472 g/mol. The Labute approximate surface area is 216 Å². The molecule has 6 nitrogen and oxygen atoms in total. The maximum Gasteiger partial charge on any atom is 0.203 e. The van der Waals surface area contributed by atoms with Crippen LogP contribution in [0.4, 0.5) is 0 Å². The summed E-state index contributed by atoms with van der Waals surface area (Å²) < 4.78 is 29.2. The van der Waals surface area contributed by atoms with Gasteiger partial charge in [0.25, 0.3) is 0 Å². The van der Waals surface area contributed by atoms with Gasteiger partial charge in [-0.2, -0.15) is 0 Å². The van der Waals surface area contributed by atoms with Crippen LogP contribution in [0.15, 0.2) is 24.3 Å². The van der Waals surface area contributed by atoms with Crippen molar-refractivity contribution in [1.82, 2.24) is 0 Å². The van der Waals surface area contributed by atoms with Crippen LogP contribution in [0.25, 0.3) is 11.1 Å². The summed E-state index contributed by atoms with van der Waals surface area (Å²) in [4.78, 5) is 13.7. The van der Waals surface area contributed by atoms with Crippen molar-refractivity contribution < 1.29 is 28.2 Å². The highest BCUT2D eigenvalue weighted by atomic mass is 28.4. The van der Waals surface area contributed by atoms with E-state index in [-0.39, 0.29) is 23.3 Å². The Bertz CT molecular complexity index is 1140. The van der Waals surface area contributed by atoms with E-state index in [1.165, 1.54) is 0 Å². The number of carbonyl (C=O) groups excluding carboxylic acids is 1. The minimum atomic E-state index is -2.18. The number of allylic oxidation sites excluding steroid dienone is 1. The molecule has 0 N–H and O–H groups in total. The molecule has 2 aromatic rings. The molecule has 0 saturated carbocycles. The molecule has 0 aromatic heterocycles. The van der Waals surface area contributed by atoms with Crippen molar-refractivity contribution in [2.75, 3.05) is 28.4 Å². The third-order valence-corrected chi connectivity index (χ3v) is 11.9. The van der Waals surface area contributed by atoms with Crippen LogP contribution in [0.3, 0.4) is 0 Å². The molecule has 2 aromatic carbocycles. The van der Waals surface area contributed by atoms with Crippen molar-refractivity contribution in [2.24, 2.45) is 0 Å². The smallest absolute Gasteiger partial charge is 0.203 e. The first kappa shape index (κ1) is 27.8. The lowest BCUT2D eigenvalue weighted by atomic mass is 9.93. The number of rotatable bonds is 8. The number of Topliss-reactive ketones (excluding diaryl/α,β-unsaturated/α-hetero) is 1. The molecule has 0 fully saturated rings. The van der Waals surface area contributed by atoms with E-state index < -0.39 is 8.32 Å². The van der Waals surface area contributed by atoms with E-state index in [1.807, 2.05) is 26.0 Å². The SMILES string of the molecule is COc1cc(C2=C(c3cc(C)c(OC)c(C)c3)C(O[Si](C)(C)C(C)(C)C)CC2=O)cc(OC)c1OC. The fourth-order valence-corrected chi connectivity index (χ4v) is 5.88. The summed E-state index contributed by atoms with van der Waals surface area (Å²) in [6.07, 6.45) is -0.0579. The van der Waals surface area contributed by atoms with Crippen molar-refractivity contribution in [2.45, 2.75) is 65.3 Å². The summed E-state index contributed by atoms with van der Waals surface area (Å²) in [6.45, 7) is 15.1. The second-order valence-corrected chi connectivity index (χ2v) is 15.6. The highest BCUT2D eigenvalue weighted by molar-refractivity contribution is 6.74. The molecule has 7 heteroatoms. The Morgan fingerprint density at radius 3 is 1.69 bits per heavy atom. The number of benzene rings is 2. The molecule has 0 bridgehead atoms. The molecule has 1 atom stereocenters. The Morgan fingerprint density at radius 2 is 1.28 bits per heavy atom. The predicted molar refractivity (Wildman–Crippen MR) is 147 cm³/mol. The second-order valence-electron chi connectivity index (χ2n) is 10.8. The van der Waals surface area contributed by atoms with Crippen molar-refractivity contribution >= 4 is 25.2 Å². The number of carbonyl (C=O) groups is 1. The van der Waals surface area contributed by atoms with Gasteiger partial charge in [-0.15, -0.1) is 0 Å².